The molecule has 5 heteroatoms. The molecule has 10 aromatic rings. The lowest BCUT2D eigenvalue weighted by molar-refractivity contribution is 0.669. The summed E-state index contributed by atoms with van der Waals surface area (Å²) in [6.07, 6.45) is 0. The molecule has 0 aliphatic carbocycles. The average Bonchev–Trinajstić information content (AvgIpc) is 3.76. The number of aromatic nitrogens is 3. The van der Waals surface area contributed by atoms with Crippen LogP contribution >= 0.6 is 11.3 Å². The number of furan rings is 1. The first kappa shape index (κ1) is 28.6. The molecule has 10 rings (SSSR count). The van der Waals surface area contributed by atoms with Crippen LogP contribution in [0.15, 0.2) is 168 Å². The predicted molar refractivity (Wildman–Crippen MR) is 207 cm³/mol. The topological polar surface area (TPSA) is 51.8 Å². The van der Waals surface area contributed by atoms with Crippen LogP contribution < -0.4 is 0 Å². The van der Waals surface area contributed by atoms with E-state index in [9.17, 15) is 0 Å². The van der Waals surface area contributed by atoms with Crippen molar-refractivity contribution in [2.75, 3.05) is 0 Å². The fourth-order valence-corrected chi connectivity index (χ4v) is 8.08. The first-order valence-electron chi connectivity index (χ1n) is 16.6. The third kappa shape index (κ3) is 4.87. The van der Waals surface area contributed by atoms with Crippen molar-refractivity contribution < 1.29 is 4.42 Å². The smallest absolute Gasteiger partial charge is 0.164 e. The highest BCUT2D eigenvalue weighted by atomic mass is 32.1. The minimum Gasteiger partial charge on any atom is -0.456 e. The first-order valence-corrected chi connectivity index (χ1v) is 17.4. The Morgan fingerprint density at radius 2 is 0.960 bits per heavy atom. The minimum atomic E-state index is 0.636. The van der Waals surface area contributed by atoms with Gasteiger partial charge in [0, 0.05) is 47.6 Å². The summed E-state index contributed by atoms with van der Waals surface area (Å²) in [6, 6.07) is 56.8. The largest absolute Gasteiger partial charge is 0.456 e. The Hall–Kier alpha value is -6.43. The van der Waals surface area contributed by atoms with Crippen LogP contribution in [0.25, 0.3) is 98.5 Å². The molecule has 0 bridgehead atoms. The normalized spacial score (nSPS) is 11.6. The van der Waals surface area contributed by atoms with E-state index in [4.69, 9.17) is 19.4 Å². The Morgan fingerprint density at radius 3 is 1.66 bits per heavy atom. The van der Waals surface area contributed by atoms with E-state index < -0.39 is 0 Å². The second-order valence-corrected chi connectivity index (χ2v) is 13.5. The van der Waals surface area contributed by atoms with Crippen molar-refractivity contribution in [3.05, 3.63) is 164 Å². The molecule has 0 amide bonds. The number of fused-ring (bicyclic) bond motifs is 6. The van der Waals surface area contributed by atoms with E-state index in [1.807, 2.05) is 66.7 Å². The van der Waals surface area contributed by atoms with Gasteiger partial charge in [-0.05, 0) is 64.7 Å². The monoisotopic (exact) mass is 657 g/mol. The lowest BCUT2D eigenvalue weighted by atomic mass is 9.95. The summed E-state index contributed by atoms with van der Waals surface area (Å²) in [5.74, 6) is 1.92. The quantitative estimate of drug-likeness (QED) is 0.185. The van der Waals surface area contributed by atoms with Crippen molar-refractivity contribution in [1.29, 1.82) is 0 Å². The molecule has 7 aromatic carbocycles. The van der Waals surface area contributed by atoms with Gasteiger partial charge in [-0.3, -0.25) is 0 Å². The molecule has 3 heterocycles. The summed E-state index contributed by atoms with van der Waals surface area (Å²) in [5.41, 5.74) is 9.13. The number of nitrogens with zero attached hydrogens (tertiary/aromatic N) is 3. The first-order chi connectivity index (χ1) is 24.7. The average molecular weight is 658 g/mol. The van der Waals surface area contributed by atoms with Crippen LogP contribution in [0, 0.1) is 0 Å². The molecule has 234 valence electrons. The molecule has 0 aliphatic heterocycles. The molecule has 0 atom stereocenters. The lowest BCUT2D eigenvalue weighted by Crippen LogP contribution is -2.00. The zero-order chi connectivity index (χ0) is 33.0. The van der Waals surface area contributed by atoms with Crippen LogP contribution in [0.3, 0.4) is 0 Å². The number of hydrogen-bond acceptors (Lipinski definition) is 5. The summed E-state index contributed by atoms with van der Waals surface area (Å²) in [5, 5.41) is 4.66. The van der Waals surface area contributed by atoms with E-state index in [0.717, 1.165) is 49.8 Å². The lowest BCUT2D eigenvalue weighted by Gasteiger charge is -2.11. The van der Waals surface area contributed by atoms with Crippen LogP contribution in [-0.2, 0) is 0 Å². The molecule has 50 heavy (non-hydrogen) atoms. The number of hydrogen-bond donors (Lipinski definition) is 0. The highest BCUT2D eigenvalue weighted by Gasteiger charge is 2.19. The molecular weight excluding hydrogens is 631 g/mol. The predicted octanol–water partition coefficient (Wildman–Crippen LogP) is 12.5. The van der Waals surface area contributed by atoms with Gasteiger partial charge in [0.15, 0.2) is 17.5 Å². The third-order valence-electron chi connectivity index (χ3n) is 9.33. The maximum Gasteiger partial charge on any atom is 0.164 e. The number of benzene rings is 7. The van der Waals surface area contributed by atoms with Gasteiger partial charge in [-0.2, -0.15) is 0 Å². The van der Waals surface area contributed by atoms with Gasteiger partial charge in [-0.1, -0.05) is 121 Å². The molecule has 0 spiro atoms. The van der Waals surface area contributed by atoms with Crippen LogP contribution in [0.4, 0.5) is 0 Å². The van der Waals surface area contributed by atoms with Gasteiger partial charge in [-0.15, -0.1) is 11.3 Å². The van der Waals surface area contributed by atoms with Crippen molar-refractivity contribution in [3.8, 4) is 56.4 Å². The second-order valence-electron chi connectivity index (χ2n) is 12.4. The molecule has 0 N–H and O–H groups in total. The van der Waals surface area contributed by atoms with Gasteiger partial charge in [-0.25, -0.2) is 15.0 Å². The van der Waals surface area contributed by atoms with Crippen LogP contribution in [-0.4, -0.2) is 15.0 Å². The summed E-state index contributed by atoms with van der Waals surface area (Å²) < 4.78 is 8.92. The Morgan fingerprint density at radius 1 is 0.360 bits per heavy atom. The molecule has 0 fully saturated rings. The number of thiophene rings is 1. The van der Waals surface area contributed by atoms with Gasteiger partial charge in [0.1, 0.15) is 11.2 Å². The number of rotatable bonds is 5. The van der Waals surface area contributed by atoms with Crippen LogP contribution in [0.2, 0.25) is 0 Å². The zero-order valence-electron chi connectivity index (χ0n) is 26.7. The zero-order valence-corrected chi connectivity index (χ0v) is 27.6. The fraction of sp³-hybridized carbons (Fsp3) is 0. The third-order valence-corrected chi connectivity index (χ3v) is 10.4. The van der Waals surface area contributed by atoms with Crippen molar-refractivity contribution in [3.63, 3.8) is 0 Å². The SMILES string of the molecule is c1ccc(-c2ccc3oc4cc(-c5cc(-c6nc(-c7ccccc7)nc(-c7ccccc7)n6)cc6sc7ccccc7c56)ccc4c3c2)cc1. The van der Waals surface area contributed by atoms with Crippen LogP contribution in [0.1, 0.15) is 0 Å². The second kappa shape index (κ2) is 11.6. The molecule has 0 radical (unpaired) electrons. The summed E-state index contributed by atoms with van der Waals surface area (Å²) in [7, 11) is 0. The Labute approximate surface area is 292 Å². The standard InChI is InChI=1S/C45H27N3OS/c1-4-12-28(13-5-1)31-21-23-38-37(24-31)34-22-20-32(26-39(34)49-38)36-25-33(27-41-42(36)35-18-10-11-19-40(35)50-41)45-47-43(29-14-6-2-7-15-29)46-44(48-45)30-16-8-3-9-17-30/h1-27H. The molecule has 0 saturated carbocycles. The summed E-state index contributed by atoms with van der Waals surface area (Å²) in [4.78, 5) is 15.1. The van der Waals surface area contributed by atoms with E-state index in [0.29, 0.717) is 17.5 Å². The Kier molecular flexibility index (Phi) is 6.64. The van der Waals surface area contributed by atoms with Gasteiger partial charge >= 0.3 is 0 Å². The van der Waals surface area contributed by atoms with Crippen LogP contribution in [0.5, 0.6) is 0 Å². The Bertz CT molecular complexity index is 2800. The van der Waals surface area contributed by atoms with Gasteiger partial charge in [0.2, 0.25) is 0 Å². The van der Waals surface area contributed by atoms with Crippen molar-refractivity contribution in [2.45, 2.75) is 0 Å². The maximum absolute atomic E-state index is 6.50. The van der Waals surface area contributed by atoms with Crippen molar-refractivity contribution in [2.24, 2.45) is 0 Å². The van der Waals surface area contributed by atoms with E-state index >= 15 is 0 Å². The van der Waals surface area contributed by atoms with E-state index in [2.05, 4.69) is 97.1 Å². The highest BCUT2D eigenvalue weighted by Crippen LogP contribution is 2.44. The molecule has 3 aromatic heterocycles. The fourth-order valence-electron chi connectivity index (χ4n) is 6.90. The summed E-state index contributed by atoms with van der Waals surface area (Å²) >= 11 is 1.79. The van der Waals surface area contributed by atoms with Crippen molar-refractivity contribution in [1.82, 2.24) is 15.0 Å². The maximum atomic E-state index is 6.50. The van der Waals surface area contributed by atoms with Gasteiger partial charge in [0.25, 0.3) is 0 Å². The van der Waals surface area contributed by atoms with Crippen molar-refractivity contribution >= 4 is 53.4 Å². The molecule has 0 unspecified atom stereocenters. The highest BCUT2D eigenvalue weighted by molar-refractivity contribution is 7.26. The molecular formula is C45H27N3OS. The molecule has 4 nitrogen and oxygen atoms in total. The van der Waals surface area contributed by atoms with E-state index in [1.165, 1.54) is 31.3 Å². The molecule has 0 saturated heterocycles. The van der Waals surface area contributed by atoms with E-state index in [1.54, 1.807) is 11.3 Å². The van der Waals surface area contributed by atoms with Gasteiger partial charge in [0.05, 0.1) is 0 Å². The van der Waals surface area contributed by atoms with E-state index in [-0.39, 0.29) is 0 Å². The molecule has 0 aliphatic rings. The Balaban J connectivity index is 1.19. The minimum absolute atomic E-state index is 0.636. The van der Waals surface area contributed by atoms with Gasteiger partial charge < -0.3 is 4.42 Å². The summed E-state index contributed by atoms with van der Waals surface area (Å²) in [6.45, 7) is 0.